The van der Waals surface area contributed by atoms with Gasteiger partial charge in [-0.25, -0.2) is 4.98 Å². The zero-order valence-corrected chi connectivity index (χ0v) is 23.6. The molecular weight excluding hydrogens is 563 g/mol. The number of halogens is 3. The van der Waals surface area contributed by atoms with Gasteiger partial charge in [0.25, 0.3) is 0 Å². The molecule has 0 unspecified atom stereocenters. The third-order valence-electron chi connectivity index (χ3n) is 5.68. The average Bonchev–Trinajstić information content (AvgIpc) is 3.14. The van der Waals surface area contributed by atoms with Crippen LogP contribution in [0, 0.1) is 11.3 Å². The number of anilines is 1. The Hall–Kier alpha value is -2.67. The predicted molar refractivity (Wildman–Crippen MR) is 150 cm³/mol. The first-order valence-corrected chi connectivity index (χ1v) is 13.0. The van der Waals surface area contributed by atoms with E-state index in [0.29, 0.717) is 32.4 Å². The fourth-order valence-electron chi connectivity index (χ4n) is 3.65. The maximum atomic E-state index is 13.3. The lowest BCUT2D eigenvalue weighted by Gasteiger charge is -2.16. The number of carbonyl (C=O) groups is 2. The first-order chi connectivity index (χ1) is 16.9. The molecule has 0 bridgehead atoms. The van der Waals surface area contributed by atoms with E-state index >= 15 is 0 Å². The normalized spacial score (nSPS) is 11.8. The maximum Gasteiger partial charge on any atom is 0.229 e. The highest BCUT2D eigenvalue weighted by Crippen LogP contribution is 2.42. The molecule has 5 nitrogen and oxygen atoms in total. The van der Waals surface area contributed by atoms with Gasteiger partial charge in [-0.3, -0.25) is 9.59 Å². The van der Waals surface area contributed by atoms with E-state index in [1.807, 2.05) is 30.3 Å². The summed E-state index contributed by atoms with van der Waals surface area (Å²) in [6, 6.07) is 14.8. The van der Waals surface area contributed by atoms with E-state index in [2.05, 4.69) is 21.2 Å². The molecule has 0 saturated heterocycles. The number of fused-ring (bicyclic) bond motifs is 1. The van der Waals surface area contributed by atoms with Crippen LogP contribution in [0.5, 0.6) is 0 Å². The molecule has 0 saturated carbocycles. The van der Waals surface area contributed by atoms with Crippen molar-refractivity contribution in [3.05, 3.63) is 68.8 Å². The molecule has 1 N–H and O–H groups in total. The third kappa shape index (κ3) is 5.22. The number of Topliss-reactive ketones (excluding diaryl/α,β-unsaturated/α-hetero) is 1. The number of hydrogen-bond acceptors (Lipinski definition) is 4. The quantitative estimate of drug-likeness (QED) is 0.236. The van der Waals surface area contributed by atoms with Crippen LogP contribution in [-0.2, 0) is 4.79 Å². The number of furan rings is 1. The standard InChI is InChI=1S/C28H25BrCl2N2O3/c1-14(2)26(35)32-23-20-13-19(15-6-9-17(30)10-7-15)22(18-11-8-16(29)12-21(18)31)33-27(20)36-24(23)25(34)28(3,4)5/h6-14H,1-5H3,(H,32,35). The van der Waals surface area contributed by atoms with Gasteiger partial charge in [0.05, 0.1) is 16.1 Å². The Morgan fingerprint density at radius 1 is 1.00 bits per heavy atom. The Bertz CT molecular complexity index is 1490. The van der Waals surface area contributed by atoms with Crippen molar-refractivity contribution in [3.8, 4) is 22.4 Å². The summed E-state index contributed by atoms with van der Waals surface area (Å²) in [7, 11) is 0. The number of amides is 1. The van der Waals surface area contributed by atoms with Crippen LogP contribution in [0.25, 0.3) is 33.5 Å². The van der Waals surface area contributed by atoms with Crippen LogP contribution in [0.2, 0.25) is 10.0 Å². The second-order valence-corrected chi connectivity index (χ2v) is 11.7. The van der Waals surface area contributed by atoms with Gasteiger partial charge in [-0.05, 0) is 35.9 Å². The van der Waals surface area contributed by atoms with E-state index < -0.39 is 5.41 Å². The van der Waals surface area contributed by atoms with E-state index in [-0.39, 0.29) is 29.1 Å². The van der Waals surface area contributed by atoms with E-state index in [0.717, 1.165) is 15.6 Å². The molecule has 0 atom stereocenters. The molecule has 2 aromatic carbocycles. The van der Waals surface area contributed by atoms with Gasteiger partial charge >= 0.3 is 0 Å². The van der Waals surface area contributed by atoms with Crippen LogP contribution in [0.15, 0.2) is 57.4 Å². The molecule has 2 aromatic heterocycles. The summed E-state index contributed by atoms with van der Waals surface area (Å²) in [6.45, 7) is 8.98. The van der Waals surface area contributed by atoms with E-state index in [1.165, 1.54) is 0 Å². The van der Waals surface area contributed by atoms with Crippen molar-refractivity contribution in [2.24, 2.45) is 11.3 Å². The van der Waals surface area contributed by atoms with Crippen molar-refractivity contribution in [2.45, 2.75) is 34.6 Å². The molecule has 0 aliphatic heterocycles. The molecule has 4 aromatic rings. The fraction of sp³-hybridized carbons (Fsp3) is 0.250. The third-order valence-corrected chi connectivity index (χ3v) is 6.74. The number of ketones is 1. The number of nitrogens with zero attached hydrogens (tertiary/aromatic N) is 1. The van der Waals surface area contributed by atoms with Crippen molar-refractivity contribution in [3.63, 3.8) is 0 Å². The molecule has 36 heavy (non-hydrogen) atoms. The first kappa shape index (κ1) is 26.4. The smallest absolute Gasteiger partial charge is 0.229 e. The van der Waals surface area contributed by atoms with Gasteiger partial charge in [0.2, 0.25) is 17.4 Å². The number of benzene rings is 2. The number of pyridine rings is 1. The number of aromatic nitrogens is 1. The lowest BCUT2D eigenvalue weighted by atomic mass is 9.88. The van der Waals surface area contributed by atoms with Crippen molar-refractivity contribution >= 4 is 67.6 Å². The summed E-state index contributed by atoms with van der Waals surface area (Å²) < 4.78 is 6.89. The van der Waals surface area contributed by atoms with Gasteiger partial charge in [0, 0.05) is 32.0 Å². The van der Waals surface area contributed by atoms with Gasteiger partial charge in [0.1, 0.15) is 5.69 Å². The topological polar surface area (TPSA) is 72.2 Å². The van der Waals surface area contributed by atoms with Crippen molar-refractivity contribution in [1.29, 1.82) is 0 Å². The maximum absolute atomic E-state index is 13.3. The molecule has 0 fully saturated rings. The summed E-state index contributed by atoms with van der Waals surface area (Å²) in [4.78, 5) is 30.9. The summed E-state index contributed by atoms with van der Waals surface area (Å²) in [5.74, 6) is -0.693. The number of hydrogen-bond donors (Lipinski definition) is 1. The van der Waals surface area contributed by atoms with Crippen molar-refractivity contribution < 1.29 is 14.0 Å². The second kappa shape index (κ2) is 10.0. The molecule has 0 radical (unpaired) electrons. The van der Waals surface area contributed by atoms with E-state index in [1.54, 1.807) is 52.8 Å². The Morgan fingerprint density at radius 2 is 1.67 bits per heavy atom. The minimum atomic E-state index is -0.734. The highest BCUT2D eigenvalue weighted by molar-refractivity contribution is 9.10. The molecule has 0 aliphatic carbocycles. The number of rotatable bonds is 5. The minimum Gasteiger partial charge on any atom is -0.432 e. The first-order valence-electron chi connectivity index (χ1n) is 11.4. The molecule has 186 valence electrons. The summed E-state index contributed by atoms with van der Waals surface area (Å²) in [5, 5.41) is 4.53. The predicted octanol–water partition coefficient (Wildman–Crippen LogP) is 9.05. The van der Waals surface area contributed by atoms with Crippen molar-refractivity contribution in [1.82, 2.24) is 4.98 Å². The summed E-state index contributed by atoms with van der Waals surface area (Å²) >= 11 is 16.2. The highest BCUT2D eigenvalue weighted by Gasteiger charge is 2.32. The molecule has 8 heteroatoms. The monoisotopic (exact) mass is 586 g/mol. The van der Waals surface area contributed by atoms with Gasteiger partial charge in [-0.2, -0.15) is 0 Å². The molecule has 0 aliphatic rings. The number of carbonyl (C=O) groups excluding carboxylic acids is 2. The van der Waals surface area contributed by atoms with Gasteiger partial charge < -0.3 is 9.73 Å². The zero-order chi connectivity index (χ0) is 26.4. The zero-order valence-electron chi connectivity index (χ0n) is 20.5. The molecule has 2 heterocycles. The molecular formula is C28H25BrCl2N2O3. The van der Waals surface area contributed by atoms with E-state index in [9.17, 15) is 9.59 Å². The summed E-state index contributed by atoms with van der Waals surface area (Å²) in [5.41, 5.74) is 2.68. The van der Waals surface area contributed by atoms with Gasteiger partial charge in [0.15, 0.2) is 5.76 Å². The van der Waals surface area contributed by atoms with Crippen LogP contribution in [0.4, 0.5) is 5.69 Å². The van der Waals surface area contributed by atoms with Gasteiger partial charge in [-0.15, -0.1) is 0 Å². The van der Waals surface area contributed by atoms with Crippen LogP contribution in [0.3, 0.4) is 0 Å². The van der Waals surface area contributed by atoms with Crippen LogP contribution in [0.1, 0.15) is 45.2 Å². The second-order valence-electron chi connectivity index (χ2n) is 9.90. The molecule has 4 rings (SSSR count). The Morgan fingerprint density at radius 3 is 2.25 bits per heavy atom. The van der Waals surface area contributed by atoms with Crippen molar-refractivity contribution in [2.75, 3.05) is 5.32 Å². The molecule has 1 amide bonds. The Balaban J connectivity index is 2.07. The summed E-state index contributed by atoms with van der Waals surface area (Å²) in [6.07, 6.45) is 0. The SMILES string of the molecule is CC(C)C(=O)Nc1c(C(=O)C(C)(C)C)oc2nc(-c3ccc(Br)cc3Cl)c(-c3ccc(Cl)cc3)cc12. The average molecular weight is 588 g/mol. The Labute approximate surface area is 228 Å². The van der Waals surface area contributed by atoms with Crippen LogP contribution in [-0.4, -0.2) is 16.7 Å². The van der Waals surface area contributed by atoms with Gasteiger partial charge in [-0.1, -0.05) is 91.9 Å². The van der Waals surface area contributed by atoms with E-state index in [4.69, 9.17) is 32.6 Å². The number of nitrogens with one attached hydrogen (secondary N) is 1. The molecule has 0 spiro atoms. The largest absolute Gasteiger partial charge is 0.432 e. The highest BCUT2D eigenvalue weighted by atomic mass is 79.9. The van der Waals surface area contributed by atoms with Crippen LogP contribution < -0.4 is 5.32 Å². The minimum absolute atomic E-state index is 0.0695. The fourth-order valence-corrected chi connectivity index (χ4v) is 4.54. The van der Waals surface area contributed by atoms with Crippen LogP contribution >= 0.6 is 39.1 Å². The Kier molecular flexibility index (Phi) is 7.33. The lowest BCUT2D eigenvalue weighted by Crippen LogP contribution is -2.23. The lowest BCUT2D eigenvalue weighted by molar-refractivity contribution is -0.118.